The summed E-state index contributed by atoms with van der Waals surface area (Å²) < 4.78 is 2.05. The van der Waals surface area contributed by atoms with E-state index in [9.17, 15) is 0 Å². The molecule has 0 saturated carbocycles. The number of hydrogen-bond donors (Lipinski definition) is 0. The van der Waals surface area contributed by atoms with Gasteiger partial charge in [-0.15, -0.1) is 11.6 Å². The number of alkyl halides is 1. The molecule has 0 aliphatic heterocycles. The van der Waals surface area contributed by atoms with Crippen molar-refractivity contribution in [2.45, 2.75) is 25.8 Å². The third-order valence-corrected chi connectivity index (χ3v) is 3.87. The summed E-state index contributed by atoms with van der Waals surface area (Å²) in [7, 11) is 0. The van der Waals surface area contributed by atoms with Crippen molar-refractivity contribution in [3.05, 3.63) is 58.6 Å². The van der Waals surface area contributed by atoms with Gasteiger partial charge in [0.2, 0.25) is 0 Å². The van der Waals surface area contributed by atoms with E-state index in [4.69, 9.17) is 23.2 Å². The molecule has 0 aliphatic carbocycles. The molecule has 1 unspecified atom stereocenters. The molecule has 1 aromatic carbocycles. The first-order valence-electron chi connectivity index (χ1n) is 6.77. The van der Waals surface area contributed by atoms with Crippen molar-refractivity contribution in [3.63, 3.8) is 0 Å². The van der Waals surface area contributed by atoms with E-state index < -0.39 is 0 Å². The molecule has 0 N–H and O–H groups in total. The van der Waals surface area contributed by atoms with Gasteiger partial charge >= 0.3 is 0 Å². The number of benzene rings is 1. The number of nitrogens with zero attached hydrogens (tertiary/aromatic N) is 3. The molecule has 0 radical (unpaired) electrons. The maximum absolute atomic E-state index is 6.35. The van der Waals surface area contributed by atoms with E-state index in [-0.39, 0.29) is 5.38 Å². The molecule has 21 heavy (non-hydrogen) atoms. The molecule has 3 aromatic rings. The average molecular weight is 320 g/mol. The third-order valence-electron chi connectivity index (χ3n) is 3.37. The highest BCUT2D eigenvalue weighted by atomic mass is 35.5. The molecule has 3 nitrogen and oxygen atoms in total. The number of para-hydroxylation sites is 1. The number of hydrogen-bond acceptors (Lipinski definition) is 2. The lowest BCUT2D eigenvalue weighted by atomic mass is 10.3. The summed E-state index contributed by atoms with van der Waals surface area (Å²) in [5, 5.41) is 0.481. The van der Waals surface area contributed by atoms with Crippen LogP contribution >= 0.6 is 23.2 Å². The van der Waals surface area contributed by atoms with Gasteiger partial charge in [-0.1, -0.05) is 23.7 Å². The van der Waals surface area contributed by atoms with Crippen LogP contribution < -0.4 is 0 Å². The summed E-state index contributed by atoms with van der Waals surface area (Å²) >= 11 is 12.6. The fraction of sp³-hybridized carbons (Fsp3) is 0.250. The van der Waals surface area contributed by atoms with Crippen LogP contribution in [0.2, 0.25) is 5.02 Å². The van der Waals surface area contributed by atoms with Gasteiger partial charge < -0.3 is 4.57 Å². The Labute approximate surface area is 133 Å². The Hall–Kier alpha value is -1.58. The van der Waals surface area contributed by atoms with Crippen molar-refractivity contribution in [1.82, 2.24) is 14.5 Å². The lowest BCUT2D eigenvalue weighted by molar-refractivity contribution is 0.725. The summed E-state index contributed by atoms with van der Waals surface area (Å²) in [5.41, 5.74) is 3.72. The van der Waals surface area contributed by atoms with E-state index in [0.717, 1.165) is 28.2 Å². The molecule has 0 fully saturated rings. The minimum absolute atomic E-state index is 0.196. The third kappa shape index (κ3) is 2.76. The van der Waals surface area contributed by atoms with E-state index in [2.05, 4.69) is 14.5 Å². The molecular formula is C16H15Cl2N3. The molecule has 5 heteroatoms. The number of pyridine rings is 1. The lowest BCUT2D eigenvalue weighted by Crippen LogP contribution is -2.07. The first-order chi connectivity index (χ1) is 10.1. The van der Waals surface area contributed by atoms with Crippen molar-refractivity contribution in [3.8, 4) is 0 Å². The first kappa shape index (κ1) is 14.4. The second-order valence-corrected chi connectivity index (χ2v) is 6.11. The molecule has 0 amide bonds. The van der Waals surface area contributed by atoms with Crippen LogP contribution in [0.25, 0.3) is 11.0 Å². The number of aromatic nitrogens is 3. The Balaban J connectivity index is 2.17. The van der Waals surface area contributed by atoms with E-state index in [1.807, 2.05) is 50.2 Å². The van der Waals surface area contributed by atoms with Crippen LogP contribution in [0, 0.1) is 6.92 Å². The minimum atomic E-state index is -0.196. The zero-order valence-electron chi connectivity index (χ0n) is 11.8. The minimum Gasteiger partial charge on any atom is -0.319 e. The van der Waals surface area contributed by atoms with Crippen LogP contribution in [0.1, 0.15) is 29.5 Å². The first-order valence-corrected chi connectivity index (χ1v) is 7.59. The molecule has 0 aliphatic rings. The standard InChI is InChI=1S/C16H15Cl2N3/c1-10-5-3-6-12(19-10)9-21-15-13(18)7-4-8-14(15)20-16(21)11(2)17/h3-8,11H,9H2,1-2H3. The molecule has 3 rings (SSSR count). The Morgan fingerprint density at radius 3 is 2.62 bits per heavy atom. The van der Waals surface area contributed by atoms with Crippen LogP contribution in [0.5, 0.6) is 0 Å². The Bertz CT molecular complexity index is 793. The van der Waals surface area contributed by atoms with Crippen LogP contribution in [-0.2, 0) is 6.54 Å². The zero-order valence-corrected chi connectivity index (χ0v) is 13.4. The van der Waals surface area contributed by atoms with Gasteiger partial charge in [0.05, 0.1) is 33.7 Å². The Morgan fingerprint density at radius 2 is 1.90 bits per heavy atom. The number of rotatable bonds is 3. The van der Waals surface area contributed by atoms with Crippen molar-refractivity contribution in [2.75, 3.05) is 0 Å². The number of imidazole rings is 1. The smallest absolute Gasteiger partial charge is 0.128 e. The van der Waals surface area contributed by atoms with Crippen LogP contribution in [0.4, 0.5) is 0 Å². The number of aryl methyl sites for hydroxylation is 1. The van der Waals surface area contributed by atoms with Gasteiger partial charge in [-0.05, 0) is 38.1 Å². The summed E-state index contributed by atoms with van der Waals surface area (Å²) in [6.45, 7) is 4.50. The Morgan fingerprint density at radius 1 is 1.14 bits per heavy atom. The number of halogens is 2. The molecule has 0 spiro atoms. The van der Waals surface area contributed by atoms with E-state index in [1.165, 1.54) is 0 Å². The van der Waals surface area contributed by atoms with Gasteiger partial charge in [0, 0.05) is 5.69 Å². The predicted octanol–water partition coefficient (Wildman–Crippen LogP) is 4.74. The monoisotopic (exact) mass is 319 g/mol. The largest absolute Gasteiger partial charge is 0.319 e. The highest BCUT2D eigenvalue weighted by Crippen LogP contribution is 2.29. The SMILES string of the molecule is Cc1cccc(Cn2c(C(C)Cl)nc3cccc(Cl)c32)n1. The normalized spacial score (nSPS) is 12.8. The van der Waals surface area contributed by atoms with Crippen molar-refractivity contribution >= 4 is 34.2 Å². The average Bonchev–Trinajstić information content (AvgIpc) is 2.79. The van der Waals surface area contributed by atoms with E-state index >= 15 is 0 Å². The van der Waals surface area contributed by atoms with Gasteiger partial charge in [0.25, 0.3) is 0 Å². The van der Waals surface area contributed by atoms with Gasteiger partial charge in [0.15, 0.2) is 0 Å². The maximum atomic E-state index is 6.35. The summed E-state index contributed by atoms with van der Waals surface area (Å²) in [6, 6.07) is 11.7. The van der Waals surface area contributed by atoms with Crippen LogP contribution in [0.15, 0.2) is 36.4 Å². The second kappa shape index (κ2) is 5.66. The fourth-order valence-electron chi connectivity index (χ4n) is 2.47. The van der Waals surface area contributed by atoms with Gasteiger partial charge in [-0.2, -0.15) is 0 Å². The molecular weight excluding hydrogens is 305 g/mol. The highest BCUT2D eigenvalue weighted by molar-refractivity contribution is 6.35. The summed E-state index contributed by atoms with van der Waals surface area (Å²) in [4.78, 5) is 9.16. The van der Waals surface area contributed by atoms with E-state index in [0.29, 0.717) is 11.6 Å². The molecule has 0 bridgehead atoms. The summed E-state index contributed by atoms with van der Waals surface area (Å²) in [6.07, 6.45) is 0. The molecule has 108 valence electrons. The van der Waals surface area contributed by atoms with Gasteiger partial charge in [-0.25, -0.2) is 4.98 Å². The number of fused-ring (bicyclic) bond motifs is 1. The van der Waals surface area contributed by atoms with Crippen molar-refractivity contribution in [2.24, 2.45) is 0 Å². The molecule has 0 saturated heterocycles. The van der Waals surface area contributed by atoms with Crippen LogP contribution in [-0.4, -0.2) is 14.5 Å². The van der Waals surface area contributed by atoms with Crippen molar-refractivity contribution in [1.29, 1.82) is 0 Å². The Kier molecular flexibility index (Phi) is 3.87. The van der Waals surface area contributed by atoms with Gasteiger partial charge in [-0.3, -0.25) is 4.98 Å². The van der Waals surface area contributed by atoms with Crippen LogP contribution in [0.3, 0.4) is 0 Å². The lowest BCUT2D eigenvalue weighted by Gasteiger charge is -2.11. The van der Waals surface area contributed by atoms with Crippen molar-refractivity contribution < 1.29 is 0 Å². The topological polar surface area (TPSA) is 30.7 Å². The zero-order chi connectivity index (χ0) is 15.0. The fourth-order valence-corrected chi connectivity index (χ4v) is 2.91. The quantitative estimate of drug-likeness (QED) is 0.653. The van der Waals surface area contributed by atoms with E-state index in [1.54, 1.807) is 0 Å². The van der Waals surface area contributed by atoms with Gasteiger partial charge in [0.1, 0.15) is 5.82 Å². The highest BCUT2D eigenvalue weighted by Gasteiger charge is 2.17. The molecule has 1 atom stereocenters. The predicted molar refractivity (Wildman–Crippen MR) is 87.1 cm³/mol. The summed E-state index contributed by atoms with van der Waals surface area (Å²) in [5.74, 6) is 0.808. The molecule has 2 heterocycles. The second-order valence-electron chi connectivity index (χ2n) is 5.05. The maximum Gasteiger partial charge on any atom is 0.128 e. The molecule has 2 aromatic heterocycles.